The Kier molecular flexibility index (Phi) is 5.78. The van der Waals surface area contributed by atoms with Crippen LogP contribution in [0.4, 0.5) is 5.69 Å². The summed E-state index contributed by atoms with van der Waals surface area (Å²) in [5.74, 6) is 1.81. The molecule has 2 aromatic carbocycles. The summed E-state index contributed by atoms with van der Waals surface area (Å²) in [6, 6.07) is 16.3. The molecule has 4 rings (SSSR count). The zero-order valence-corrected chi connectivity index (χ0v) is 17.1. The molecule has 0 unspecified atom stereocenters. The van der Waals surface area contributed by atoms with Crippen molar-refractivity contribution in [2.45, 2.75) is 6.54 Å². The molecule has 2 heterocycles. The van der Waals surface area contributed by atoms with Crippen molar-refractivity contribution in [2.24, 2.45) is 0 Å². The topological polar surface area (TPSA) is 37.8 Å². The maximum Gasteiger partial charge on any atom is 0.142 e. The number of aromatic nitrogens is 1. The number of piperazine rings is 1. The van der Waals surface area contributed by atoms with Crippen LogP contribution in [0.2, 0.25) is 0 Å². The molecule has 1 aromatic heterocycles. The summed E-state index contributed by atoms with van der Waals surface area (Å²) >= 11 is 1.69. The molecule has 0 N–H and O–H groups in total. The molecule has 0 amide bonds. The molecule has 28 heavy (non-hydrogen) atoms. The summed E-state index contributed by atoms with van der Waals surface area (Å²) in [6.07, 6.45) is 0. The summed E-state index contributed by atoms with van der Waals surface area (Å²) in [4.78, 5) is 9.71. The molecule has 0 saturated carbocycles. The summed E-state index contributed by atoms with van der Waals surface area (Å²) in [5.41, 5.74) is 3.42. The minimum Gasteiger partial charge on any atom is -0.497 e. The number of hydrogen-bond donors (Lipinski definition) is 0. The fourth-order valence-corrected chi connectivity index (χ4v) is 4.34. The average Bonchev–Trinajstić information content (AvgIpc) is 3.23. The number of methoxy groups -OCH3 is 2. The predicted molar refractivity (Wildman–Crippen MR) is 115 cm³/mol. The van der Waals surface area contributed by atoms with Gasteiger partial charge >= 0.3 is 0 Å². The van der Waals surface area contributed by atoms with E-state index in [0.29, 0.717) is 0 Å². The first kappa shape index (κ1) is 18.8. The maximum absolute atomic E-state index is 5.51. The van der Waals surface area contributed by atoms with Crippen molar-refractivity contribution in [1.29, 1.82) is 0 Å². The second kappa shape index (κ2) is 8.63. The Balaban J connectivity index is 1.37. The highest BCUT2D eigenvalue weighted by molar-refractivity contribution is 7.13. The molecule has 1 fully saturated rings. The van der Waals surface area contributed by atoms with Crippen LogP contribution < -0.4 is 14.4 Å². The third-order valence-electron chi connectivity index (χ3n) is 5.05. The molecule has 0 radical (unpaired) electrons. The van der Waals surface area contributed by atoms with Crippen LogP contribution >= 0.6 is 11.3 Å². The fourth-order valence-electron chi connectivity index (χ4n) is 3.54. The summed E-state index contributed by atoms with van der Waals surface area (Å²) < 4.78 is 10.8. The van der Waals surface area contributed by atoms with Crippen molar-refractivity contribution in [1.82, 2.24) is 9.88 Å². The van der Waals surface area contributed by atoms with E-state index in [1.165, 1.54) is 5.69 Å². The minimum absolute atomic E-state index is 0.863. The van der Waals surface area contributed by atoms with E-state index >= 15 is 0 Å². The second-order valence-corrected chi connectivity index (χ2v) is 7.67. The highest BCUT2D eigenvalue weighted by Gasteiger charge is 2.20. The highest BCUT2D eigenvalue weighted by Crippen LogP contribution is 2.29. The van der Waals surface area contributed by atoms with Gasteiger partial charge < -0.3 is 14.4 Å². The van der Waals surface area contributed by atoms with E-state index in [1.807, 2.05) is 30.3 Å². The molecular formula is C22H25N3O2S. The molecular weight excluding hydrogens is 370 g/mol. The van der Waals surface area contributed by atoms with Crippen LogP contribution in [0.3, 0.4) is 0 Å². The van der Waals surface area contributed by atoms with Crippen molar-refractivity contribution in [3.63, 3.8) is 0 Å². The lowest BCUT2D eigenvalue weighted by Crippen LogP contribution is -2.46. The monoisotopic (exact) mass is 395 g/mol. The largest absolute Gasteiger partial charge is 0.497 e. The Morgan fingerprint density at radius 1 is 0.964 bits per heavy atom. The van der Waals surface area contributed by atoms with Gasteiger partial charge in [0.2, 0.25) is 0 Å². The van der Waals surface area contributed by atoms with Crippen molar-refractivity contribution in [3.05, 3.63) is 59.6 Å². The third kappa shape index (κ3) is 4.13. The van der Waals surface area contributed by atoms with Crippen molar-refractivity contribution >= 4 is 17.0 Å². The number of hydrogen-bond acceptors (Lipinski definition) is 6. The van der Waals surface area contributed by atoms with E-state index in [1.54, 1.807) is 25.6 Å². The van der Waals surface area contributed by atoms with Gasteiger partial charge in [0.25, 0.3) is 0 Å². The maximum atomic E-state index is 5.51. The molecule has 0 bridgehead atoms. The second-order valence-electron chi connectivity index (χ2n) is 6.81. The van der Waals surface area contributed by atoms with Gasteiger partial charge in [-0.2, -0.15) is 0 Å². The van der Waals surface area contributed by atoms with Crippen LogP contribution in [0.15, 0.2) is 53.9 Å². The Hall–Kier alpha value is -2.57. The molecule has 1 aliphatic rings. The van der Waals surface area contributed by atoms with Gasteiger partial charge in [-0.3, -0.25) is 4.90 Å². The Morgan fingerprint density at radius 2 is 1.79 bits per heavy atom. The van der Waals surface area contributed by atoms with Crippen LogP contribution in [0.25, 0.3) is 10.6 Å². The van der Waals surface area contributed by atoms with Crippen LogP contribution in [-0.4, -0.2) is 50.3 Å². The number of nitrogens with zero attached hydrogens (tertiary/aromatic N) is 3. The van der Waals surface area contributed by atoms with Gasteiger partial charge in [0.15, 0.2) is 0 Å². The Bertz CT molecular complexity index is 919. The van der Waals surface area contributed by atoms with E-state index in [2.05, 4.69) is 33.4 Å². The van der Waals surface area contributed by atoms with Gasteiger partial charge in [-0.1, -0.05) is 24.3 Å². The first-order valence-corrected chi connectivity index (χ1v) is 10.3. The summed E-state index contributed by atoms with van der Waals surface area (Å²) in [6.45, 7) is 4.91. The zero-order chi connectivity index (χ0) is 19.3. The molecule has 0 aliphatic carbocycles. The SMILES string of the molecule is COc1cccc(-c2nc(CN3CCN(c4ccccc4OC)CC3)cs2)c1. The molecule has 0 atom stereocenters. The third-order valence-corrected chi connectivity index (χ3v) is 5.99. The number of anilines is 1. The quantitative estimate of drug-likeness (QED) is 0.627. The van der Waals surface area contributed by atoms with E-state index < -0.39 is 0 Å². The van der Waals surface area contributed by atoms with Crippen molar-refractivity contribution < 1.29 is 9.47 Å². The van der Waals surface area contributed by atoms with Gasteiger partial charge in [-0.25, -0.2) is 4.98 Å². The number of para-hydroxylation sites is 2. The van der Waals surface area contributed by atoms with Gasteiger partial charge in [-0.05, 0) is 24.3 Å². The molecule has 3 aromatic rings. The number of thiazole rings is 1. The van der Waals surface area contributed by atoms with Crippen LogP contribution in [0.1, 0.15) is 5.69 Å². The van der Waals surface area contributed by atoms with E-state index in [-0.39, 0.29) is 0 Å². The number of rotatable bonds is 6. The molecule has 1 aliphatic heterocycles. The lowest BCUT2D eigenvalue weighted by Gasteiger charge is -2.36. The first-order valence-electron chi connectivity index (χ1n) is 9.46. The molecule has 0 spiro atoms. The highest BCUT2D eigenvalue weighted by atomic mass is 32.1. The smallest absolute Gasteiger partial charge is 0.142 e. The Labute approximate surface area is 170 Å². The van der Waals surface area contributed by atoms with Gasteiger partial charge in [0.1, 0.15) is 16.5 Å². The molecule has 6 heteroatoms. The van der Waals surface area contributed by atoms with Crippen LogP contribution in [0, 0.1) is 0 Å². The van der Waals surface area contributed by atoms with E-state index in [4.69, 9.17) is 14.5 Å². The summed E-state index contributed by atoms with van der Waals surface area (Å²) in [5, 5.41) is 3.21. The molecule has 5 nitrogen and oxygen atoms in total. The molecule has 146 valence electrons. The normalized spacial score (nSPS) is 14.9. The number of ether oxygens (including phenoxy) is 2. The standard InChI is InChI=1S/C22H25N3O2S/c1-26-19-7-5-6-17(14-19)22-23-18(16-28-22)15-24-10-12-25(13-11-24)20-8-3-4-9-21(20)27-2/h3-9,14,16H,10-13,15H2,1-2H3. The van der Waals surface area contributed by atoms with E-state index in [9.17, 15) is 0 Å². The van der Waals surface area contributed by atoms with Crippen molar-refractivity contribution in [3.8, 4) is 22.1 Å². The average molecular weight is 396 g/mol. The minimum atomic E-state index is 0.863. The van der Waals surface area contributed by atoms with Crippen LogP contribution in [0.5, 0.6) is 11.5 Å². The van der Waals surface area contributed by atoms with Crippen LogP contribution in [-0.2, 0) is 6.54 Å². The van der Waals surface area contributed by atoms with E-state index in [0.717, 1.165) is 60.5 Å². The van der Waals surface area contributed by atoms with Gasteiger partial charge in [0, 0.05) is 43.7 Å². The predicted octanol–water partition coefficient (Wildman–Crippen LogP) is 4.15. The van der Waals surface area contributed by atoms with Gasteiger partial charge in [0.05, 0.1) is 25.6 Å². The first-order chi connectivity index (χ1) is 13.8. The fraction of sp³-hybridized carbons (Fsp3) is 0.318. The lowest BCUT2D eigenvalue weighted by atomic mass is 10.2. The van der Waals surface area contributed by atoms with Crippen molar-refractivity contribution in [2.75, 3.05) is 45.3 Å². The summed E-state index contributed by atoms with van der Waals surface area (Å²) in [7, 11) is 3.42. The Morgan fingerprint density at radius 3 is 2.57 bits per heavy atom. The van der Waals surface area contributed by atoms with Gasteiger partial charge in [-0.15, -0.1) is 11.3 Å². The lowest BCUT2D eigenvalue weighted by molar-refractivity contribution is 0.247. The number of benzene rings is 2. The molecule has 1 saturated heterocycles. The zero-order valence-electron chi connectivity index (χ0n) is 16.3.